The average Bonchev–Trinajstić information content (AvgIpc) is 2.76. The molecule has 1 aliphatic rings. The number of hydrogen-bond acceptors (Lipinski definition) is 2. The van der Waals surface area contributed by atoms with E-state index >= 15 is 0 Å². The average molecular weight is 243 g/mol. The van der Waals surface area contributed by atoms with E-state index in [0.717, 1.165) is 19.4 Å². The normalized spacial score (nSPS) is 19.8. The number of amides is 1. The number of halogens is 2. The van der Waals surface area contributed by atoms with E-state index in [4.69, 9.17) is 11.6 Å². The number of benzene rings is 1. The maximum absolute atomic E-state index is 13.4. The molecule has 0 radical (unpaired) electrons. The fraction of sp³-hybridized carbons (Fsp3) is 0.364. The molecule has 1 aliphatic heterocycles. The Morgan fingerprint density at radius 3 is 3.00 bits per heavy atom. The van der Waals surface area contributed by atoms with Crippen molar-refractivity contribution in [3.63, 3.8) is 0 Å². The Hall–Kier alpha value is -1.13. The van der Waals surface area contributed by atoms with Gasteiger partial charge < -0.3 is 10.6 Å². The first-order valence-electron chi connectivity index (χ1n) is 5.17. The van der Waals surface area contributed by atoms with Gasteiger partial charge in [-0.25, -0.2) is 4.39 Å². The summed E-state index contributed by atoms with van der Waals surface area (Å²) < 4.78 is 13.4. The minimum atomic E-state index is -0.515. The molecule has 1 saturated heterocycles. The van der Waals surface area contributed by atoms with Gasteiger partial charge in [-0.3, -0.25) is 4.79 Å². The molecule has 0 bridgehead atoms. The number of carbonyl (C=O) groups is 1. The summed E-state index contributed by atoms with van der Waals surface area (Å²) in [7, 11) is 0. The SMILES string of the molecule is O=C(Nc1c(F)cccc1Cl)[C@H]1CCCN1. The molecule has 0 aromatic heterocycles. The lowest BCUT2D eigenvalue weighted by atomic mass is 10.2. The first-order valence-corrected chi connectivity index (χ1v) is 5.54. The van der Waals surface area contributed by atoms with E-state index in [0.29, 0.717) is 0 Å². The largest absolute Gasteiger partial charge is 0.321 e. The first-order chi connectivity index (χ1) is 7.68. The van der Waals surface area contributed by atoms with Gasteiger partial charge in [-0.2, -0.15) is 0 Å². The summed E-state index contributed by atoms with van der Waals surface area (Å²) in [6.07, 6.45) is 1.74. The highest BCUT2D eigenvalue weighted by atomic mass is 35.5. The summed E-state index contributed by atoms with van der Waals surface area (Å²) in [4.78, 5) is 11.7. The van der Waals surface area contributed by atoms with Crippen LogP contribution in [0.25, 0.3) is 0 Å². The minimum absolute atomic E-state index is 0.0582. The molecule has 1 aromatic carbocycles. The molecule has 2 N–H and O–H groups in total. The third-order valence-corrected chi connectivity index (χ3v) is 2.90. The highest BCUT2D eigenvalue weighted by Crippen LogP contribution is 2.25. The van der Waals surface area contributed by atoms with E-state index in [-0.39, 0.29) is 22.7 Å². The highest BCUT2D eigenvalue weighted by Gasteiger charge is 2.23. The van der Waals surface area contributed by atoms with Crippen molar-refractivity contribution < 1.29 is 9.18 Å². The Morgan fingerprint density at radius 2 is 2.38 bits per heavy atom. The molecule has 1 atom stereocenters. The smallest absolute Gasteiger partial charge is 0.241 e. The molecule has 1 fully saturated rings. The molecule has 16 heavy (non-hydrogen) atoms. The van der Waals surface area contributed by atoms with E-state index in [1.165, 1.54) is 12.1 Å². The van der Waals surface area contributed by atoms with E-state index < -0.39 is 5.82 Å². The highest BCUT2D eigenvalue weighted by molar-refractivity contribution is 6.33. The second-order valence-corrected chi connectivity index (χ2v) is 4.14. The molecule has 1 heterocycles. The zero-order valence-corrected chi connectivity index (χ0v) is 9.35. The van der Waals surface area contributed by atoms with Gasteiger partial charge in [0.2, 0.25) is 5.91 Å². The minimum Gasteiger partial charge on any atom is -0.321 e. The van der Waals surface area contributed by atoms with Crippen LogP contribution in [0.5, 0.6) is 0 Å². The van der Waals surface area contributed by atoms with Crippen LogP contribution in [0, 0.1) is 5.82 Å². The number of anilines is 1. The second-order valence-electron chi connectivity index (χ2n) is 3.73. The van der Waals surface area contributed by atoms with Crippen LogP contribution in [0.15, 0.2) is 18.2 Å². The van der Waals surface area contributed by atoms with Crippen LogP contribution >= 0.6 is 11.6 Å². The van der Waals surface area contributed by atoms with Gasteiger partial charge in [-0.05, 0) is 31.5 Å². The maximum atomic E-state index is 13.4. The van der Waals surface area contributed by atoms with Gasteiger partial charge in [0.1, 0.15) is 5.82 Å². The summed E-state index contributed by atoms with van der Waals surface area (Å²) in [5.41, 5.74) is 0.0582. The van der Waals surface area contributed by atoms with Gasteiger partial charge in [0.25, 0.3) is 0 Å². The Bertz CT molecular complexity index is 385. The zero-order valence-electron chi connectivity index (χ0n) is 8.59. The van der Waals surface area contributed by atoms with Crippen molar-refractivity contribution in [2.24, 2.45) is 0 Å². The molecular formula is C11H12ClFN2O. The van der Waals surface area contributed by atoms with E-state index in [1.807, 2.05) is 0 Å². The predicted octanol–water partition coefficient (Wildman–Crippen LogP) is 2.17. The number of nitrogens with one attached hydrogen (secondary N) is 2. The molecule has 1 amide bonds. The van der Waals surface area contributed by atoms with Crippen molar-refractivity contribution in [2.75, 3.05) is 11.9 Å². The van der Waals surface area contributed by atoms with E-state index in [9.17, 15) is 9.18 Å². The number of para-hydroxylation sites is 1. The maximum Gasteiger partial charge on any atom is 0.241 e. The zero-order chi connectivity index (χ0) is 11.5. The van der Waals surface area contributed by atoms with Crippen molar-refractivity contribution in [1.29, 1.82) is 0 Å². The van der Waals surface area contributed by atoms with Crippen LogP contribution in [0.2, 0.25) is 5.02 Å². The summed E-state index contributed by atoms with van der Waals surface area (Å²) in [6, 6.07) is 4.07. The van der Waals surface area contributed by atoms with Crippen molar-refractivity contribution >= 4 is 23.2 Å². The van der Waals surface area contributed by atoms with Gasteiger partial charge in [0.05, 0.1) is 16.8 Å². The summed E-state index contributed by atoms with van der Waals surface area (Å²) >= 11 is 5.81. The van der Waals surface area contributed by atoms with E-state index in [1.54, 1.807) is 6.07 Å². The Morgan fingerprint density at radius 1 is 1.56 bits per heavy atom. The number of rotatable bonds is 2. The Balaban J connectivity index is 2.11. The monoisotopic (exact) mass is 242 g/mol. The number of carbonyl (C=O) groups excluding carboxylic acids is 1. The third-order valence-electron chi connectivity index (χ3n) is 2.59. The summed E-state index contributed by atoms with van der Waals surface area (Å²) in [6.45, 7) is 0.823. The quantitative estimate of drug-likeness (QED) is 0.835. The topological polar surface area (TPSA) is 41.1 Å². The molecule has 86 valence electrons. The second kappa shape index (κ2) is 4.80. The molecule has 0 unspecified atom stereocenters. The van der Waals surface area contributed by atoms with Gasteiger partial charge >= 0.3 is 0 Å². The van der Waals surface area contributed by atoms with Gasteiger partial charge in [0.15, 0.2) is 0 Å². The molecule has 5 heteroatoms. The van der Waals surface area contributed by atoms with Gasteiger partial charge in [-0.15, -0.1) is 0 Å². The Kier molecular flexibility index (Phi) is 3.41. The fourth-order valence-corrected chi connectivity index (χ4v) is 1.95. The van der Waals surface area contributed by atoms with Crippen LogP contribution in [-0.4, -0.2) is 18.5 Å². The summed E-state index contributed by atoms with van der Waals surface area (Å²) in [5, 5.41) is 5.76. The Labute approximate surface area is 98.0 Å². The van der Waals surface area contributed by atoms with Crippen molar-refractivity contribution in [3.05, 3.63) is 29.0 Å². The van der Waals surface area contributed by atoms with Gasteiger partial charge in [-0.1, -0.05) is 17.7 Å². The summed E-state index contributed by atoms with van der Waals surface area (Å²) in [5.74, 6) is -0.747. The van der Waals surface area contributed by atoms with Crippen LogP contribution < -0.4 is 10.6 Å². The van der Waals surface area contributed by atoms with Crippen LogP contribution in [0.4, 0.5) is 10.1 Å². The number of hydrogen-bond donors (Lipinski definition) is 2. The third kappa shape index (κ3) is 2.33. The lowest BCUT2D eigenvalue weighted by Gasteiger charge is -2.12. The fourth-order valence-electron chi connectivity index (χ4n) is 1.74. The van der Waals surface area contributed by atoms with Crippen LogP contribution in [0.1, 0.15) is 12.8 Å². The lowest BCUT2D eigenvalue weighted by Crippen LogP contribution is -2.35. The molecule has 2 rings (SSSR count). The van der Waals surface area contributed by atoms with Crippen LogP contribution in [0.3, 0.4) is 0 Å². The standard InChI is InChI=1S/C11H12ClFN2O/c12-7-3-1-4-8(13)10(7)15-11(16)9-5-2-6-14-9/h1,3-4,9,14H,2,5-6H2,(H,15,16)/t9-/m1/s1. The van der Waals surface area contributed by atoms with Crippen molar-refractivity contribution in [3.8, 4) is 0 Å². The molecule has 0 aliphatic carbocycles. The molecule has 0 saturated carbocycles. The van der Waals surface area contributed by atoms with Gasteiger partial charge in [0, 0.05) is 0 Å². The molecule has 1 aromatic rings. The first kappa shape index (κ1) is 11.4. The molecule has 0 spiro atoms. The molecular weight excluding hydrogens is 231 g/mol. The van der Waals surface area contributed by atoms with Crippen molar-refractivity contribution in [1.82, 2.24) is 5.32 Å². The van der Waals surface area contributed by atoms with Crippen LogP contribution in [-0.2, 0) is 4.79 Å². The predicted molar refractivity (Wildman–Crippen MR) is 61.1 cm³/mol. The lowest BCUT2D eigenvalue weighted by molar-refractivity contribution is -0.117. The van der Waals surface area contributed by atoms with Crippen molar-refractivity contribution in [2.45, 2.75) is 18.9 Å². The molecule has 3 nitrogen and oxygen atoms in total. The van der Waals surface area contributed by atoms with E-state index in [2.05, 4.69) is 10.6 Å².